The van der Waals surface area contributed by atoms with E-state index in [1.807, 2.05) is 18.7 Å². The van der Waals surface area contributed by atoms with Crippen LogP contribution >= 0.6 is 0 Å². The minimum Gasteiger partial charge on any atom is -0.385 e. The Balaban J connectivity index is 2.60. The zero-order valence-corrected chi connectivity index (χ0v) is 10.9. The number of hydrogen-bond donors (Lipinski definition) is 1. The quantitative estimate of drug-likeness (QED) is 0.726. The van der Waals surface area contributed by atoms with E-state index < -0.39 is 5.54 Å². The van der Waals surface area contributed by atoms with Gasteiger partial charge in [-0.15, -0.1) is 0 Å². The van der Waals surface area contributed by atoms with Crippen molar-refractivity contribution in [2.45, 2.75) is 32.7 Å². The monoisotopic (exact) mass is 228 g/mol. The molecule has 0 aliphatic carbocycles. The molecule has 0 aromatic rings. The molecule has 0 saturated carbocycles. The minimum absolute atomic E-state index is 0.202. The van der Waals surface area contributed by atoms with E-state index >= 15 is 0 Å². The van der Waals surface area contributed by atoms with E-state index in [-0.39, 0.29) is 5.91 Å². The van der Waals surface area contributed by atoms with Crippen LogP contribution in [0.2, 0.25) is 0 Å². The first-order valence-electron chi connectivity index (χ1n) is 6.00. The number of ether oxygens (including phenoxy) is 1. The van der Waals surface area contributed by atoms with Crippen LogP contribution in [0.5, 0.6) is 0 Å². The summed E-state index contributed by atoms with van der Waals surface area (Å²) in [5.74, 6) is 0.709. The fourth-order valence-corrected chi connectivity index (χ4v) is 2.02. The number of carbonyl (C=O) groups is 1. The molecule has 1 fully saturated rings. The molecule has 0 aromatic carbocycles. The lowest BCUT2D eigenvalue weighted by Gasteiger charge is -2.29. The summed E-state index contributed by atoms with van der Waals surface area (Å²) in [4.78, 5) is 14.2. The zero-order valence-electron chi connectivity index (χ0n) is 10.9. The van der Waals surface area contributed by atoms with E-state index in [0.717, 1.165) is 26.1 Å². The van der Waals surface area contributed by atoms with Gasteiger partial charge in [-0.25, -0.2) is 0 Å². The normalized spacial score (nSPS) is 25.6. The van der Waals surface area contributed by atoms with Crippen molar-refractivity contribution in [3.63, 3.8) is 0 Å². The first-order chi connectivity index (χ1) is 7.47. The molecule has 0 spiro atoms. The highest BCUT2D eigenvalue weighted by Gasteiger charge is 2.34. The molecule has 1 atom stereocenters. The molecular formula is C12H24N2O2. The smallest absolute Gasteiger partial charge is 0.242 e. The van der Waals surface area contributed by atoms with E-state index in [9.17, 15) is 4.79 Å². The van der Waals surface area contributed by atoms with Crippen LogP contribution in [0.15, 0.2) is 0 Å². The van der Waals surface area contributed by atoms with Gasteiger partial charge in [-0.05, 0) is 26.2 Å². The van der Waals surface area contributed by atoms with Gasteiger partial charge in [0, 0.05) is 33.4 Å². The molecule has 4 heteroatoms. The highest BCUT2D eigenvalue weighted by atomic mass is 16.5. The molecule has 1 amide bonds. The number of carbonyl (C=O) groups excluding carboxylic acids is 1. The van der Waals surface area contributed by atoms with E-state index in [2.05, 4.69) is 12.2 Å². The standard InChI is InChI=1S/C12H24N2O2/c1-10-8-13-12(2,3)11(15)14(9-10)6-5-7-16-4/h10,13H,5-9H2,1-4H3. The van der Waals surface area contributed by atoms with Gasteiger partial charge in [0.15, 0.2) is 0 Å². The van der Waals surface area contributed by atoms with Gasteiger partial charge in [-0.3, -0.25) is 4.79 Å². The van der Waals surface area contributed by atoms with Crippen molar-refractivity contribution in [2.75, 3.05) is 33.4 Å². The van der Waals surface area contributed by atoms with Crippen LogP contribution in [-0.4, -0.2) is 49.7 Å². The molecule has 4 nitrogen and oxygen atoms in total. The molecule has 94 valence electrons. The maximum absolute atomic E-state index is 12.2. The number of amides is 1. The lowest BCUT2D eigenvalue weighted by Crippen LogP contribution is -2.51. The topological polar surface area (TPSA) is 41.6 Å². The average Bonchev–Trinajstić information content (AvgIpc) is 2.32. The predicted molar refractivity (Wildman–Crippen MR) is 64.3 cm³/mol. The highest BCUT2D eigenvalue weighted by Crippen LogP contribution is 2.15. The fourth-order valence-electron chi connectivity index (χ4n) is 2.02. The van der Waals surface area contributed by atoms with Gasteiger partial charge in [-0.2, -0.15) is 0 Å². The summed E-state index contributed by atoms with van der Waals surface area (Å²) in [5.41, 5.74) is -0.433. The summed E-state index contributed by atoms with van der Waals surface area (Å²) in [6.45, 7) is 9.34. The Morgan fingerprint density at radius 3 is 2.88 bits per heavy atom. The Bertz CT molecular complexity index is 241. The van der Waals surface area contributed by atoms with E-state index in [0.29, 0.717) is 12.5 Å². The molecule has 16 heavy (non-hydrogen) atoms. The average molecular weight is 228 g/mol. The van der Waals surface area contributed by atoms with Crippen LogP contribution in [0.25, 0.3) is 0 Å². The van der Waals surface area contributed by atoms with Crippen molar-refractivity contribution in [1.29, 1.82) is 0 Å². The number of nitrogens with zero attached hydrogens (tertiary/aromatic N) is 1. The van der Waals surface area contributed by atoms with Gasteiger partial charge in [0.25, 0.3) is 0 Å². The maximum atomic E-state index is 12.2. The zero-order chi connectivity index (χ0) is 12.2. The summed E-state index contributed by atoms with van der Waals surface area (Å²) < 4.78 is 5.02. The van der Waals surface area contributed by atoms with Crippen molar-refractivity contribution < 1.29 is 9.53 Å². The van der Waals surface area contributed by atoms with E-state index in [1.54, 1.807) is 7.11 Å². The lowest BCUT2D eigenvalue weighted by atomic mass is 10.0. The van der Waals surface area contributed by atoms with Crippen molar-refractivity contribution in [3.8, 4) is 0 Å². The molecular weight excluding hydrogens is 204 g/mol. The molecule has 0 aromatic heterocycles. The fraction of sp³-hybridized carbons (Fsp3) is 0.917. The van der Waals surface area contributed by atoms with Crippen molar-refractivity contribution in [2.24, 2.45) is 5.92 Å². The molecule has 1 rings (SSSR count). The van der Waals surface area contributed by atoms with Crippen molar-refractivity contribution >= 4 is 5.91 Å². The highest BCUT2D eigenvalue weighted by molar-refractivity contribution is 5.85. The van der Waals surface area contributed by atoms with Crippen molar-refractivity contribution in [3.05, 3.63) is 0 Å². The van der Waals surface area contributed by atoms with Gasteiger partial charge in [-0.1, -0.05) is 6.92 Å². The Labute approximate surface area is 98.3 Å². The third-order valence-electron chi connectivity index (χ3n) is 3.02. The van der Waals surface area contributed by atoms with Crippen LogP contribution in [0.4, 0.5) is 0 Å². The Hall–Kier alpha value is -0.610. The summed E-state index contributed by atoms with van der Waals surface area (Å²) in [5, 5.41) is 3.32. The summed E-state index contributed by atoms with van der Waals surface area (Å²) in [6, 6.07) is 0. The van der Waals surface area contributed by atoms with Crippen LogP contribution < -0.4 is 5.32 Å². The van der Waals surface area contributed by atoms with Crippen molar-refractivity contribution in [1.82, 2.24) is 10.2 Å². The molecule has 1 saturated heterocycles. The first kappa shape index (κ1) is 13.5. The van der Waals surface area contributed by atoms with E-state index in [4.69, 9.17) is 4.74 Å². The second kappa shape index (κ2) is 5.64. The van der Waals surface area contributed by atoms with Crippen LogP contribution in [0.3, 0.4) is 0 Å². The maximum Gasteiger partial charge on any atom is 0.242 e. The Morgan fingerprint density at radius 2 is 2.25 bits per heavy atom. The summed E-state index contributed by atoms with van der Waals surface area (Å²) >= 11 is 0. The molecule has 1 unspecified atom stereocenters. The first-order valence-corrected chi connectivity index (χ1v) is 6.00. The second-order valence-electron chi connectivity index (χ2n) is 5.21. The lowest BCUT2D eigenvalue weighted by molar-refractivity contribution is -0.136. The van der Waals surface area contributed by atoms with Gasteiger partial charge in [0.05, 0.1) is 5.54 Å². The molecule has 1 heterocycles. The second-order valence-corrected chi connectivity index (χ2v) is 5.21. The molecule has 1 N–H and O–H groups in total. The summed E-state index contributed by atoms with van der Waals surface area (Å²) in [6.07, 6.45) is 0.908. The molecule has 0 radical (unpaired) electrons. The molecule has 1 aliphatic heterocycles. The van der Waals surface area contributed by atoms with Gasteiger partial charge in [0.2, 0.25) is 5.91 Å². The SMILES string of the molecule is COCCCN1CC(C)CNC(C)(C)C1=O. The summed E-state index contributed by atoms with van der Waals surface area (Å²) in [7, 11) is 1.69. The van der Waals surface area contributed by atoms with Gasteiger partial charge < -0.3 is 15.0 Å². The number of nitrogens with one attached hydrogen (secondary N) is 1. The molecule has 1 aliphatic rings. The largest absolute Gasteiger partial charge is 0.385 e. The number of methoxy groups -OCH3 is 1. The number of rotatable bonds is 4. The van der Waals surface area contributed by atoms with E-state index in [1.165, 1.54) is 0 Å². The number of hydrogen-bond acceptors (Lipinski definition) is 3. The molecule has 0 bridgehead atoms. The van der Waals surface area contributed by atoms with Crippen LogP contribution in [-0.2, 0) is 9.53 Å². The third kappa shape index (κ3) is 3.46. The Kier molecular flexibility index (Phi) is 4.74. The van der Waals surface area contributed by atoms with Crippen LogP contribution in [0, 0.1) is 5.92 Å². The van der Waals surface area contributed by atoms with Crippen LogP contribution in [0.1, 0.15) is 27.2 Å². The Morgan fingerprint density at radius 1 is 1.56 bits per heavy atom. The predicted octanol–water partition coefficient (Wildman–Crippen LogP) is 0.869. The minimum atomic E-state index is -0.433. The van der Waals surface area contributed by atoms with Gasteiger partial charge >= 0.3 is 0 Å². The third-order valence-corrected chi connectivity index (χ3v) is 3.02. The van der Waals surface area contributed by atoms with Gasteiger partial charge in [0.1, 0.15) is 0 Å².